The van der Waals surface area contributed by atoms with Crippen LogP contribution in [0, 0.1) is 5.92 Å². The average molecular weight is 202 g/mol. The summed E-state index contributed by atoms with van der Waals surface area (Å²) >= 11 is 6.25. The highest BCUT2D eigenvalue weighted by molar-refractivity contribution is 6.21. The van der Waals surface area contributed by atoms with Crippen LogP contribution in [0.1, 0.15) is 44.9 Å². The van der Waals surface area contributed by atoms with Gasteiger partial charge in [0.1, 0.15) is 0 Å². The molecule has 2 unspecified atom stereocenters. The molecule has 2 atom stereocenters. The molecule has 0 saturated heterocycles. The lowest BCUT2D eigenvalue weighted by atomic mass is 9.95. The van der Waals surface area contributed by atoms with Crippen molar-refractivity contribution >= 4 is 11.6 Å². The molecule has 13 heavy (non-hydrogen) atoms. The zero-order valence-electron chi connectivity index (χ0n) is 8.27. The van der Waals surface area contributed by atoms with Crippen LogP contribution in [0.3, 0.4) is 0 Å². The highest BCUT2D eigenvalue weighted by Gasteiger charge is 2.24. The Balaban J connectivity index is 1.60. The molecule has 1 N–H and O–H groups in total. The maximum Gasteiger partial charge on any atom is 0.0489 e. The van der Waals surface area contributed by atoms with Crippen molar-refractivity contribution in [3.05, 3.63) is 0 Å². The van der Waals surface area contributed by atoms with Crippen LogP contribution in [-0.2, 0) is 0 Å². The van der Waals surface area contributed by atoms with Gasteiger partial charge in [-0.25, -0.2) is 0 Å². The molecule has 2 heteroatoms. The van der Waals surface area contributed by atoms with Crippen LogP contribution in [0.15, 0.2) is 0 Å². The maximum absolute atomic E-state index is 6.25. The molecule has 2 fully saturated rings. The minimum Gasteiger partial charge on any atom is -0.313 e. The topological polar surface area (TPSA) is 12.0 Å². The first kappa shape index (κ1) is 9.79. The number of halogens is 1. The molecule has 0 amide bonds. The Hall–Kier alpha value is 0.250. The Kier molecular flexibility index (Phi) is 3.51. The maximum atomic E-state index is 6.25. The Bertz CT molecular complexity index is 156. The van der Waals surface area contributed by atoms with Crippen molar-refractivity contribution in [1.82, 2.24) is 5.32 Å². The van der Waals surface area contributed by atoms with Crippen LogP contribution in [0.25, 0.3) is 0 Å². The van der Waals surface area contributed by atoms with Gasteiger partial charge in [0, 0.05) is 11.4 Å². The highest BCUT2D eigenvalue weighted by Crippen LogP contribution is 2.32. The van der Waals surface area contributed by atoms with Gasteiger partial charge in [0.05, 0.1) is 0 Å². The van der Waals surface area contributed by atoms with E-state index in [9.17, 15) is 0 Å². The van der Waals surface area contributed by atoms with E-state index in [-0.39, 0.29) is 0 Å². The lowest BCUT2D eigenvalue weighted by molar-refractivity contribution is 0.375. The van der Waals surface area contributed by atoms with Crippen LogP contribution in [-0.4, -0.2) is 18.0 Å². The molecule has 0 aromatic heterocycles. The number of alkyl halides is 1. The monoisotopic (exact) mass is 201 g/mol. The van der Waals surface area contributed by atoms with E-state index >= 15 is 0 Å². The Labute approximate surface area is 86.2 Å². The Morgan fingerprint density at radius 1 is 1.08 bits per heavy atom. The molecule has 0 heterocycles. The van der Waals surface area contributed by atoms with Crippen molar-refractivity contribution < 1.29 is 0 Å². The molecule has 0 aromatic rings. The fourth-order valence-electron chi connectivity index (χ4n) is 2.19. The third kappa shape index (κ3) is 3.14. The van der Waals surface area contributed by atoms with E-state index in [0.717, 1.165) is 5.92 Å². The van der Waals surface area contributed by atoms with Gasteiger partial charge in [0.2, 0.25) is 0 Å². The summed E-state index contributed by atoms with van der Waals surface area (Å²) in [6, 6.07) is 0.606. The van der Waals surface area contributed by atoms with E-state index < -0.39 is 0 Å². The van der Waals surface area contributed by atoms with Gasteiger partial charge in [-0.05, 0) is 31.7 Å². The molecule has 2 aliphatic carbocycles. The molecule has 0 spiro atoms. The van der Waals surface area contributed by atoms with Crippen molar-refractivity contribution in [2.75, 3.05) is 6.54 Å². The van der Waals surface area contributed by atoms with Gasteiger partial charge in [0.15, 0.2) is 0 Å². The summed E-state index contributed by atoms with van der Waals surface area (Å²) < 4.78 is 0. The van der Waals surface area contributed by atoms with Gasteiger partial charge in [-0.1, -0.05) is 25.7 Å². The molecule has 2 saturated carbocycles. The van der Waals surface area contributed by atoms with E-state index in [4.69, 9.17) is 11.6 Å². The quantitative estimate of drug-likeness (QED) is 0.690. The predicted octanol–water partition coefficient (Wildman–Crippen LogP) is 2.93. The zero-order valence-corrected chi connectivity index (χ0v) is 9.02. The third-order valence-corrected chi connectivity index (χ3v) is 3.86. The molecule has 0 radical (unpaired) electrons. The van der Waals surface area contributed by atoms with Crippen LogP contribution in [0.2, 0.25) is 0 Å². The van der Waals surface area contributed by atoms with Crippen molar-refractivity contribution in [2.45, 2.75) is 56.4 Å². The molecular formula is C11H20ClN. The van der Waals surface area contributed by atoms with Crippen molar-refractivity contribution in [3.8, 4) is 0 Å². The van der Waals surface area contributed by atoms with Crippen LogP contribution in [0.4, 0.5) is 0 Å². The van der Waals surface area contributed by atoms with E-state index in [1.54, 1.807) is 0 Å². The molecule has 76 valence electrons. The van der Waals surface area contributed by atoms with Gasteiger partial charge in [0.25, 0.3) is 0 Å². The third-order valence-electron chi connectivity index (χ3n) is 3.34. The molecular weight excluding hydrogens is 182 g/mol. The summed E-state index contributed by atoms with van der Waals surface area (Å²) in [7, 11) is 0. The smallest absolute Gasteiger partial charge is 0.0489 e. The van der Waals surface area contributed by atoms with Crippen LogP contribution >= 0.6 is 11.6 Å². The largest absolute Gasteiger partial charge is 0.313 e. The average Bonchev–Trinajstić information content (AvgIpc) is 2.92. The van der Waals surface area contributed by atoms with E-state index in [0.29, 0.717) is 11.4 Å². The summed E-state index contributed by atoms with van der Waals surface area (Å²) in [4.78, 5) is 0. The fourth-order valence-corrected chi connectivity index (χ4v) is 2.56. The van der Waals surface area contributed by atoms with Crippen molar-refractivity contribution in [2.24, 2.45) is 5.92 Å². The summed E-state index contributed by atoms with van der Waals surface area (Å²) in [6.07, 6.45) is 9.51. The van der Waals surface area contributed by atoms with Gasteiger partial charge in [-0.15, -0.1) is 11.6 Å². The second kappa shape index (κ2) is 4.65. The second-order valence-corrected chi connectivity index (χ2v) is 5.15. The van der Waals surface area contributed by atoms with Gasteiger partial charge >= 0.3 is 0 Å². The standard InChI is InChI=1S/C11H20ClN/c12-10-3-1-2-4-11(10)13-8-7-9-5-6-9/h9-11,13H,1-8H2. The first-order valence-corrected chi connectivity index (χ1v) is 6.17. The molecule has 0 aliphatic heterocycles. The molecule has 0 aromatic carbocycles. The Morgan fingerprint density at radius 2 is 1.85 bits per heavy atom. The van der Waals surface area contributed by atoms with Gasteiger partial charge < -0.3 is 5.32 Å². The molecule has 2 aliphatic rings. The first-order chi connectivity index (χ1) is 6.36. The highest BCUT2D eigenvalue weighted by atomic mass is 35.5. The van der Waals surface area contributed by atoms with Crippen molar-refractivity contribution in [3.63, 3.8) is 0 Å². The SMILES string of the molecule is ClC1CCCCC1NCCC1CC1. The van der Waals surface area contributed by atoms with Gasteiger partial charge in [-0.2, -0.15) is 0 Å². The van der Waals surface area contributed by atoms with Crippen LogP contribution in [0.5, 0.6) is 0 Å². The van der Waals surface area contributed by atoms with E-state index in [2.05, 4.69) is 5.32 Å². The van der Waals surface area contributed by atoms with Crippen molar-refractivity contribution in [1.29, 1.82) is 0 Å². The normalized spacial score (nSPS) is 34.8. The second-order valence-electron chi connectivity index (χ2n) is 4.59. The fraction of sp³-hybridized carbons (Fsp3) is 1.00. The lowest BCUT2D eigenvalue weighted by Crippen LogP contribution is -2.39. The van der Waals surface area contributed by atoms with E-state index in [1.165, 1.54) is 51.5 Å². The summed E-state index contributed by atoms with van der Waals surface area (Å²) in [5, 5.41) is 4.01. The molecule has 0 bridgehead atoms. The predicted molar refractivity (Wildman–Crippen MR) is 57.2 cm³/mol. The van der Waals surface area contributed by atoms with E-state index in [1.807, 2.05) is 0 Å². The molecule has 2 rings (SSSR count). The number of nitrogens with one attached hydrogen (secondary N) is 1. The molecule has 1 nitrogen and oxygen atoms in total. The summed E-state index contributed by atoms with van der Waals surface area (Å²) in [6.45, 7) is 1.19. The lowest BCUT2D eigenvalue weighted by Gasteiger charge is -2.28. The Morgan fingerprint density at radius 3 is 2.54 bits per heavy atom. The first-order valence-electron chi connectivity index (χ1n) is 5.74. The number of rotatable bonds is 4. The number of hydrogen-bond donors (Lipinski definition) is 1. The zero-order chi connectivity index (χ0) is 9.10. The van der Waals surface area contributed by atoms with Gasteiger partial charge in [-0.3, -0.25) is 0 Å². The minimum absolute atomic E-state index is 0.396. The number of hydrogen-bond acceptors (Lipinski definition) is 1. The minimum atomic E-state index is 0.396. The summed E-state index contributed by atoms with van der Waals surface area (Å²) in [5.74, 6) is 1.05. The summed E-state index contributed by atoms with van der Waals surface area (Å²) in [5.41, 5.74) is 0. The van der Waals surface area contributed by atoms with Crippen LogP contribution < -0.4 is 5.32 Å².